The van der Waals surface area contributed by atoms with Crippen molar-refractivity contribution in [3.05, 3.63) is 46.5 Å². The summed E-state index contributed by atoms with van der Waals surface area (Å²) in [6, 6.07) is 6.87. The van der Waals surface area contributed by atoms with Gasteiger partial charge in [-0.3, -0.25) is 0 Å². The smallest absolute Gasteiger partial charge is 0.0513 e. The van der Waals surface area contributed by atoms with Gasteiger partial charge in [-0.25, -0.2) is 0 Å². The van der Waals surface area contributed by atoms with Crippen molar-refractivity contribution in [3.8, 4) is 0 Å². The van der Waals surface area contributed by atoms with Gasteiger partial charge in [0.05, 0.1) is 6.04 Å². The van der Waals surface area contributed by atoms with E-state index in [1.54, 1.807) is 0 Å². The largest absolute Gasteiger partial charge is 0.307 e. The molecule has 0 spiro atoms. The van der Waals surface area contributed by atoms with Crippen LogP contribution in [0.15, 0.2) is 29.8 Å². The van der Waals surface area contributed by atoms with E-state index in [9.17, 15) is 0 Å². The van der Waals surface area contributed by atoms with Gasteiger partial charge in [0, 0.05) is 0 Å². The predicted molar refractivity (Wildman–Crippen MR) is 76.4 cm³/mol. The third-order valence-corrected chi connectivity index (χ3v) is 2.97. The highest BCUT2D eigenvalue weighted by atomic mass is 14.9. The molecule has 0 radical (unpaired) electrons. The van der Waals surface area contributed by atoms with Crippen molar-refractivity contribution in [2.45, 2.75) is 47.1 Å². The molecule has 1 N–H and O–H groups in total. The molecule has 1 nitrogen and oxygen atoms in total. The summed E-state index contributed by atoms with van der Waals surface area (Å²) in [5.41, 5.74) is 5.54. The van der Waals surface area contributed by atoms with Crippen LogP contribution in [-0.2, 0) is 0 Å². The number of hydrogen-bond acceptors (Lipinski definition) is 1. The number of aryl methyl sites for hydroxylation is 2. The van der Waals surface area contributed by atoms with E-state index in [0.29, 0.717) is 6.04 Å². The average molecular weight is 231 g/mol. The summed E-state index contributed by atoms with van der Waals surface area (Å²) < 4.78 is 0. The topological polar surface area (TPSA) is 12.0 Å². The molecule has 0 saturated heterocycles. The van der Waals surface area contributed by atoms with Gasteiger partial charge in [0.15, 0.2) is 0 Å². The molecule has 1 atom stereocenters. The van der Waals surface area contributed by atoms with Crippen LogP contribution in [0.2, 0.25) is 0 Å². The monoisotopic (exact) mass is 231 g/mol. The van der Waals surface area contributed by atoms with E-state index in [2.05, 4.69) is 64.2 Å². The first-order valence-electron chi connectivity index (χ1n) is 6.50. The van der Waals surface area contributed by atoms with E-state index in [-0.39, 0.29) is 0 Å². The van der Waals surface area contributed by atoms with Crippen molar-refractivity contribution in [1.29, 1.82) is 0 Å². The SMILES string of the molecule is CCCNC(C=C(C)C)c1c(C)cccc1C. The van der Waals surface area contributed by atoms with E-state index >= 15 is 0 Å². The lowest BCUT2D eigenvalue weighted by atomic mass is 9.95. The molecule has 94 valence electrons. The van der Waals surface area contributed by atoms with Crippen LogP contribution in [0.5, 0.6) is 0 Å². The van der Waals surface area contributed by atoms with Crippen molar-refractivity contribution in [2.24, 2.45) is 0 Å². The van der Waals surface area contributed by atoms with E-state index < -0.39 is 0 Å². The molecular formula is C16H25N. The van der Waals surface area contributed by atoms with Crippen molar-refractivity contribution < 1.29 is 0 Å². The van der Waals surface area contributed by atoms with Crippen LogP contribution >= 0.6 is 0 Å². The highest BCUT2D eigenvalue weighted by molar-refractivity contribution is 5.38. The zero-order chi connectivity index (χ0) is 12.8. The van der Waals surface area contributed by atoms with Crippen molar-refractivity contribution >= 4 is 0 Å². The molecule has 1 aromatic rings. The van der Waals surface area contributed by atoms with Gasteiger partial charge in [0.25, 0.3) is 0 Å². The summed E-state index contributed by atoms with van der Waals surface area (Å²) in [5.74, 6) is 0. The van der Waals surface area contributed by atoms with Crippen LogP contribution in [-0.4, -0.2) is 6.54 Å². The van der Waals surface area contributed by atoms with Crippen LogP contribution in [0, 0.1) is 13.8 Å². The average Bonchev–Trinajstić information content (AvgIpc) is 2.24. The first-order chi connectivity index (χ1) is 8.06. The molecule has 0 aromatic heterocycles. The summed E-state index contributed by atoms with van der Waals surface area (Å²) in [6.45, 7) is 12.0. The van der Waals surface area contributed by atoms with Gasteiger partial charge in [-0.1, -0.05) is 36.8 Å². The quantitative estimate of drug-likeness (QED) is 0.745. The summed E-state index contributed by atoms with van der Waals surface area (Å²) in [7, 11) is 0. The van der Waals surface area contributed by atoms with Crippen LogP contribution in [0.3, 0.4) is 0 Å². The Labute approximate surface area is 106 Å². The molecule has 0 aliphatic carbocycles. The third-order valence-electron chi connectivity index (χ3n) is 2.97. The minimum absolute atomic E-state index is 0.348. The first-order valence-corrected chi connectivity index (χ1v) is 6.50. The fourth-order valence-corrected chi connectivity index (χ4v) is 2.20. The second-order valence-corrected chi connectivity index (χ2v) is 4.98. The van der Waals surface area contributed by atoms with Crippen LogP contribution in [0.1, 0.15) is 49.9 Å². The molecular weight excluding hydrogens is 206 g/mol. The Morgan fingerprint density at radius 1 is 1.24 bits per heavy atom. The van der Waals surface area contributed by atoms with Gasteiger partial charge in [-0.15, -0.1) is 0 Å². The lowest BCUT2D eigenvalue weighted by molar-refractivity contribution is 0.605. The summed E-state index contributed by atoms with van der Waals surface area (Å²) in [4.78, 5) is 0. The Kier molecular flexibility index (Phi) is 5.43. The zero-order valence-corrected chi connectivity index (χ0v) is 11.8. The molecule has 0 amide bonds. The molecule has 0 saturated carbocycles. The van der Waals surface area contributed by atoms with E-state index in [1.807, 2.05) is 0 Å². The standard InChI is InChI=1S/C16H25N/c1-6-10-17-15(11-12(2)3)16-13(4)8-7-9-14(16)5/h7-9,11,15,17H,6,10H2,1-5H3. The lowest BCUT2D eigenvalue weighted by Crippen LogP contribution is -2.22. The van der Waals surface area contributed by atoms with Gasteiger partial charge >= 0.3 is 0 Å². The number of rotatable bonds is 5. The Bertz CT molecular complexity index is 366. The van der Waals surface area contributed by atoms with E-state index in [4.69, 9.17) is 0 Å². The molecule has 0 bridgehead atoms. The number of hydrogen-bond donors (Lipinski definition) is 1. The summed E-state index contributed by atoms with van der Waals surface area (Å²) >= 11 is 0. The number of nitrogens with one attached hydrogen (secondary N) is 1. The minimum Gasteiger partial charge on any atom is -0.307 e. The second-order valence-electron chi connectivity index (χ2n) is 4.98. The maximum absolute atomic E-state index is 3.62. The van der Waals surface area contributed by atoms with Gasteiger partial charge in [-0.05, 0) is 57.4 Å². The maximum Gasteiger partial charge on any atom is 0.0513 e. The molecule has 0 aliphatic heterocycles. The number of benzene rings is 1. The molecule has 1 aromatic carbocycles. The van der Waals surface area contributed by atoms with Crippen molar-refractivity contribution in [3.63, 3.8) is 0 Å². The Balaban J connectivity index is 3.08. The molecule has 0 fully saturated rings. The Morgan fingerprint density at radius 3 is 2.29 bits per heavy atom. The first kappa shape index (κ1) is 14.0. The van der Waals surface area contributed by atoms with Crippen LogP contribution in [0.4, 0.5) is 0 Å². The third kappa shape index (κ3) is 4.01. The Hall–Kier alpha value is -1.08. The van der Waals surface area contributed by atoms with Gasteiger partial charge < -0.3 is 5.32 Å². The Morgan fingerprint density at radius 2 is 1.82 bits per heavy atom. The van der Waals surface area contributed by atoms with Gasteiger partial charge in [0.2, 0.25) is 0 Å². The maximum atomic E-state index is 3.62. The van der Waals surface area contributed by atoms with Gasteiger partial charge in [0.1, 0.15) is 0 Å². The van der Waals surface area contributed by atoms with Gasteiger partial charge in [-0.2, -0.15) is 0 Å². The molecule has 1 heteroatoms. The molecule has 0 aliphatic rings. The van der Waals surface area contributed by atoms with E-state index in [0.717, 1.165) is 13.0 Å². The van der Waals surface area contributed by atoms with Crippen LogP contribution in [0.25, 0.3) is 0 Å². The summed E-state index contributed by atoms with van der Waals surface area (Å²) in [5, 5.41) is 3.62. The van der Waals surface area contributed by atoms with Crippen LogP contribution < -0.4 is 5.32 Å². The number of allylic oxidation sites excluding steroid dienone is 1. The van der Waals surface area contributed by atoms with Crippen molar-refractivity contribution in [1.82, 2.24) is 5.32 Å². The van der Waals surface area contributed by atoms with Crippen molar-refractivity contribution in [2.75, 3.05) is 6.54 Å². The molecule has 0 heterocycles. The fraction of sp³-hybridized carbons (Fsp3) is 0.500. The summed E-state index contributed by atoms with van der Waals surface area (Å²) in [6.07, 6.45) is 3.49. The second kappa shape index (κ2) is 6.61. The molecule has 1 rings (SSSR count). The highest BCUT2D eigenvalue weighted by Crippen LogP contribution is 2.23. The molecule has 1 unspecified atom stereocenters. The molecule has 17 heavy (non-hydrogen) atoms. The highest BCUT2D eigenvalue weighted by Gasteiger charge is 2.12. The lowest BCUT2D eigenvalue weighted by Gasteiger charge is -2.20. The predicted octanol–water partition coefficient (Wildman–Crippen LogP) is 4.31. The minimum atomic E-state index is 0.348. The van der Waals surface area contributed by atoms with E-state index in [1.165, 1.54) is 22.3 Å². The zero-order valence-electron chi connectivity index (χ0n) is 11.8. The normalized spacial score (nSPS) is 12.3. The fourth-order valence-electron chi connectivity index (χ4n) is 2.20.